The molecule has 142 valence electrons. The first kappa shape index (κ1) is 19.8. The summed E-state index contributed by atoms with van der Waals surface area (Å²) >= 11 is 0. The molecule has 2 aromatic carbocycles. The molecule has 0 aliphatic heterocycles. The summed E-state index contributed by atoms with van der Waals surface area (Å²) in [5.41, 5.74) is 6.78. The molecule has 0 heterocycles. The maximum absolute atomic E-state index is 12.7. The Balaban J connectivity index is 2.25. The molecule has 0 unspecified atom stereocenters. The first-order chi connectivity index (χ1) is 13.0. The number of rotatable bonds is 9. The lowest BCUT2D eigenvalue weighted by Gasteiger charge is -2.14. The molecule has 27 heavy (non-hydrogen) atoms. The molecule has 7 nitrogen and oxygen atoms in total. The van der Waals surface area contributed by atoms with Crippen LogP contribution in [0.15, 0.2) is 49.1 Å². The van der Waals surface area contributed by atoms with Crippen molar-refractivity contribution < 1.29 is 23.8 Å². The first-order valence-corrected chi connectivity index (χ1v) is 8.16. The van der Waals surface area contributed by atoms with Crippen LogP contribution in [-0.2, 0) is 11.2 Å². The second kappa shape index (κ2) is 9.28. The Bertz CT molecular complexity index is 848. The number of methoxy groups -OCH3 is 2. The van der Waals surface area contributed by atoms with E-state index < -0.39 is 5.91 Å². The average molecular weight is 370 g/mol. The number of hydrogen-bond acceptors (Lipinski definition) is 5. The number of carbonyl (C=O) groups is 2. The summed E-state index contributed by atoms with van der Waals surface area (Å²) in [5, 5.41) is 2.79. The van der Waals surface area contributed by atoms with Crippen LogP contribution < -0.4 is 25.3 Å². The van der Waals surface area contributed by atoms with Gasteiger partial charge in [0, 0.05) is 22.9 Å². The summed E-state index contributed by atoms with van der Waals surface area (Å²) in [6, 6.07) is 10.0. The minimum absolute atomic E-state index is 0.238. The standard InChI is InChI=1S/C20H22N2O5/c1-4-6-13-9-14(10-17(25-2)19(13)26-3)20(24)22-15-7-5-8-16(11-15)27-12-18(21)23/h4-5,7-11H,1,6,12H2,2-3H3,(H2,21,23)(H,22,24). The molecular formula is C20H22N2O5. The van der Waals surface area contributed by atoms with Crippen molar-refractivity contribution in [2.75, 3.05) is 26.1 Å². The third-order valence-corrected chi connectivity index (χ3v) is 3.66. The van der Waals surface area contributed by atoms with E-state index in [1.807, 2.05) is 0 Å². The van der Waals surface area contributed by atoms with Gasteiger partial charge in [-0.2, -0.15) is 0 Å². The zero-order valence-corrected chi connectivity index (χ0v) is 15.3. The second-order valence-corrected chi connectivity index (χ2v) is 5.60. The van der Waals surface area contributed by atoms with Gasteiger partial charge in [0.25, 0.3) is 11.8 Å². The SMILES string of the molecule is C=CCc1cc(C(=O)Nc2cccc(OCC(N)=O)c2)cc(OC)c1OC. The first-order valence-electron chi connectivity index (χ1n) is 8.16. The molecule has 2 rings (SSSR count). The fourth-order valence-corrected chi connectivity index (χ4v) is 2.50. The number of nitrogens with two attached hydrogens (primary N) is 1. The van der Waals surface area contributed by atoms with Crippen molar-refractivity contribution in [3.05, 3.63) is 60.2 Å². The Kier molecular flexibility index (Phi) is 6.82. The number of anilines is 1. The molecule has 0 spiro atoms. The third-order valence-electron chi connectivity index (χ3n) is 3.66. The normalized spacial score (nSPS) is 10.0. The van der Waals surface area contributed by atoms with Gasteiger partial charge in [-0.1, -0.05) is 12.1 Å². The lowest BCUT2D eigenvalue weighted by molar-refractivity contribution is -0.119. The van der Waals surface area contributed by atoms with E-state index in [4.69, 9.17) is 19.9 Å². The van der Waals surface area contributed by atoms with E-state index in [1.54, 1.807) is 49.6 Å². The second-order valence-electron chi connectivity index (χ2n) is 5.60. The van der Waals surface area contributed by atoms with Crippen LogP contribution in [0.4, 0.5) is 5.69 Å². The predicted octanol–water partition coefficient (Wildman–Crippen LogP) is 2.55. The Morgan fingerprint density at radius 3 is 2.59 bits per heavy atom. The number of benzene rings is 2. The molecule has 2 aromatic rings. The number of allylic oxidation sites excluding steroid dienone is 1. The average Bonchev–Trinajstić information content (AvgIpc) is 2.66. The van der Waals surface area contributed by atoms with Gasteiger partial charge in [0.2, 0.25) is 0 Å². The molecule has 2 amide bonds. The molecule has 3 N–H and O–H groups in total. The Morgan fingerprint density at radius 1 is 1.19 bits per heavy atom. The molecule has 0 bridgehead atoms. The molecule has 7 heteroatoms. The van der Waals surface area contributed by atoms with Gasteiger partial charge in [0.05, 0.1) is 14.2 Å². The van der Waals surface area contributed by atoms with E-state index in [2.05, 4.69) is 11.9 Å². The highest BCUT2D eigenvalue weighted by atomic mass is 16.5. The highest BCUT2D eigenvalue weighted by Gasteiger charge is 2.16. The number of ether oxygens (including phenoxy) is 3. The number of hydrogen-bond donors (Lipinski definition) is 2. The molecule has 0 saturated carbocycles. The molecule has 0 saturated heterocycles. The van der Waals surface area contributed by atoms with Crippen LogP contribution in [0.25, 0.3) is 0 Å². The van der Waals surface area contributed by atoms with E-state index in [9.17, 15) is 9.59 Å². The fourth-order valence-electron chi connectivity index (χ4n) is 2.50. The third kappa shape index (κ3) is 5.24. The zero-order valence-electron chi connectivity index (χ0n) is 15.3. The van der Waals surface area contributed by atoms with Crippen LogP contribution in [0.1, 0.15) is 15.9 Å². The van der Waals surface area contributed by atoms with Crippen LogP contribution in [0.5, 0.6) is 17.2 Å². The Labute approximate surface area is 157 Å². The van der Waals surface area contributed by atoms with Gasteiger partial charge in [0.15, 0.2) is 18.1 Å². The van der Waals surface area contributed by atoms with Crippen molar-refractivity contribution >= 4 is 17.5 Å². The molecule has 0 radical (unpaired) electrons. The maximum atomic E-state index is 12.7. The van der Waals surface area contributed by atoms with E-state index in [-0.39, 0.29) is 12.5 Å². The van der Waals surface area contributed by atoms with Crippen molar-refractivity contribution in [2.24, 2.45) is 5.73 Å². The van der Waals surface area contributed by atoms with Crippen molar-refractivity contribution in [3.63, 3.8) is 0 Å². The van der Waals surface area contributed by atoms with Gasteiger partial charge in [-0.3, -0.25) is 9.59 Å². The summed E-state index contributed by atoms with van der Waals surface area (Å²) in [7, 11) is 3.05. The summed E-state index contributed by atoms with van der Waals surface area (Å²) < 4.78 is 16.0. The van der Waals surface area contributed by atoms with E-state index in [1.165, 1.54) is 7.11 Å². The number of amides is 2. The molecule has 0 aliphatic carbocycles. The smallest absolute Gasteiger partial charge is 0.255 e. The maximum Gasteiger partial charge on any atom is 0.255 e. The van der Waals surface area contributed by atoms with Gasteiger partial charge >= 0.3 is 0 Å². The molecular weight excluding hydrogens is 348 g/mol. The van der Waals surface area contributed by atoms with E-state index in [0.717, 1.165) is 5.56 Å². The van der Waals surface area contributed by atoms with Crippen molar-refractivity contribution in [3.8, 4) is 17.2 Å². The van der Waals surface area contributed by atoms with Gasteiger partial charge in [-0.15, -0.1) is 6.58 Å². The number of primary amides is 1. The largest absolute Gasteiger partial charge is 0.493 e. The highest BCUT2D eigenvalue weighted by Crippen LogP contribution is 2.33. The minimum Gasteiger partial charge on any atom is -0.493 e. The van der Waals surface area contributed by atoms with Gasteiger partial charge < -0.3 is 25.3 Å². The number of nitrogens with one attached hydrogen (secondary N) is 1. The van der Waals surface area contributed by atoms with Gasteiger partial charge in [-0.25, -0.2) is 0 Å². The molecule has 0 atom stereocenters. The van der Waals surface area contributed by atoms with Gasteiger partial charge in [-0.05, 0) is 30.7 Å². The lowest BCUT2D eigenvalue weighted by Crippen LogP contribution is -2.20. The summed E-state index contributed by atoms with van der Waals surface area (Å²) in [5.74, 6) is 0.542. The highest BCUT2D eigenvalue weighted by molar-refractivity contribution is 6.05. The van der Waals surface area contributed by atoms with Crippen LogP contribution in [0.2, 0.25) is 0 Å². The van der Waals surface area contributed by atoms with Crippen molar-refractivity contribution in [1.29, 1.82) is 0 Å². The van der Waals surface area contributed by atoms with E-state index in [0.29, 0.717) is 34.9 Å². The fraction of sp³-hybridized carbons (Fsp3) is 0.200. The van der Waals surface area contributed by atoms with Crippen molar-refractivity contribution in [2.45, 2.75) is 6.42 Å². The van der Waals surface area contributed by atoms with Crippen LogP contribution >= 0.6 is 0 Å². The van der Waals surface area contributed by atoms with Crippen LogP contribution in [-0.4, -0.2) is 32.6 Å². The lowest BCUT2D eigenvalue weighted by atomic mass is 10.0. The summed E-state index contributed by atoms with van der Waals surface area (Å²) in [6.07, 6.45) is 2.25. The van der Waals surface area contributed by atoms with E-state index >= 15 is 0 Å². The van der Waals surface area contributed by atoms with Crippen molar-refractivity contribution in [1.82, 2.24) is 0 Å². The minimum atomic E-state index is -0.579. The molecule has 0 fully saturated rings. The van der Waals surface area contributed by atoms with Crippen LogP contribution in [0, 0.1) is 0 Å². The summed E-state index contributed by atoms with van der Waals surface area (Å²) in [6.45, 7) is 3.49. The Hall–Kier alpha value is -3.48. The Morgan fingerprint density at radius 2 is 1.96 bits per heavy atom. The van der Waals surface area contributed by atoms with Gasteiger partial charge in [0.1, 0.15) is 5.75 Å². The quantitative estimate of drug-likeness (QED) is 0.661. The zero-order chi connectivity index (χ0) is 19.8. The van der Waals surface area contributed by atoms with Crippen LogP contribution in [0.3, 0.4) is 0 Å². The predicted molar refractivity (Wildman–Crippen MR) is 103 cm³/mol. The topological polar surface area (TPSA) is 99.9 Å². The monoisotopic (exact) mass is 370 g/mol. The number of carbonyl (C=O) groups excluding carboxylic acids is 2. The molecule has 0 aromatic heterocycles. The molecule has 0 aliphatic rings. The summed E-state index contributed by atoms with van der Waals surface area (Å²) in [4.78, 5) is 23.5.